The van der Waals surface area contributed by atoms with E-state index in [1.807, 2.05) is 5.38 Å². The van der Waals surface area contributed by atoms with Crippen LogP contribution in [0.25, 0.3) is 0 Å². The van der Waals surface area contributed by atoms with Crippen LogP contribution in [0.2, 0.25) is 10.0 Å². The lowest BCUT2D eigenvalue weighted by Crippen LogP contribution is -2.51. The van der Waals surface area contributed by atoms with Gasteiger partial charge >= 0.3 is 6.03 Å². The highest BCUT2D eigenvalue weighted by Crippen LogP contribution is 2.48. The van der Waals surface area contributed by atoms with Crippen molar-refractivity contribution in [2.45, 2.75) is 70.1 Å². The molecular formula is C29H35Cl2N7O3S. The molecule has 3 atom stereocenters. The van der Waals surface area contributed by atoms with E-state index in [9.17, 15) is 4.79 Å². The minimum atomic E-state index is -0.350. The van der Waals surface area contributed by atoms with Crippen LogP contribution < -0.4 is 30.3 Å². The predicted molar refractivity (Wildman–Crippen MR) is 166 cm³/mol. The number of nitrogens with zero attached hydrogens (tertiary/aromatic N) is 5. The first kappa shape index (κ1) is 29.2. The van der Waals surface area contributed by atoms with Crippen LogP contribution in [0.5, 0.6) is 11.5 Å². The number of hydrogen-bond donors (Lipinski definition) is 2. The third-order valence-corrected chi connectivity index (χ3v) is 10.2. The fourth-order valence-electron chi connectivity index (χ4n) is 6.73. The van der Waals surface area contributed by atoms with Crippen LogP contribution in [-0.2, 0) is 13.1 Å². The minimum absolute atomic E-state index is 0.0274. The predicted octanol–water partition coefficient (Wildman–Crippen LogP) is 6.50. The van der Waals surface area contributed by atoms with Gasteiger partial charge in [-0.1, -0.05) is 55.3 Å². The van der Waals surface area contributed by atoms with Crippen molar-refractivity contribution in [3.8, 4) is 11.5 Å². The first-order valence-corrected chi connectivity index (χ1v) is 16.0. The Labute approximate surface area is 259 Å². The molecule has 2 aromatic heterocycles. The van der Waals surface area contributed by atoms with E-state index in [1.165, 1.54) is 56.1 Å². The topological polar surface area (TPSA) is 119 Å². The highest BCUT2D eigenvalue weighted by atomic mass is 35.5. The molecule has 10 nitrogen and oxygen atoms in total. The van der Waals surface area contributed by atoms with Crippen LogP contribution >= 0.6 is 34.5 Å². The van der Waals surface area contributed by atoms with Crippen molar-refractivity contribution in [1.29, 1.82) is 0 Å². The molecule has 0 bridgehead atoms. The second-order valence-electron chi connectivity index (χ2n) is 11.2. The second-order valence-corrected chi connectivity index (χ2v) is 12.7. The van der Waals surface area contributed by atoms with Gasteiger partial charge in [0.2, 0.25) is 5.95 Å². The summed E-state index contributed by atoms with van der Waals surface area (Å²) < 4.78 is 10.9. The van der Waals surface area contributed by atoms with Crippen LogP contribution in [0.3, 0.4) is 0 Å². The van der Waals surface area contributed by atoms with Crippen molar-refractivity contribution in [2.24, 2.45) is 17.6 Å². The largest absolute Gasteiger partial charge is 0.495 e. The highest BCUT2D eigenvalue weighted by molar-refractivity contribution is 7.07. The summed E-state index contributed by atoms with van der Waals surface area (Å²) in [4.78, 5) is 31.4. The Morgan fingerprint density at radius 1 is 1.07 bits per heavy atom. The molecule has 42 heavy (non-hydrogen) atoms. The summed E-state index contributed by atoms with van der Waals surface area (Å²) in [6, 6.07) is 1.36. The average molecular weight is 633 g/mol. The summed E-state index contributed by atoms with van der Waals surface area (Å²) in [6.07, 6.45) is 10.1. The molecule has 13 heteroatoms. The number of thiazole rings is 1. The van der Waals surface area contributed by atoms with Crippen molar-refractivity contribution in [3.05, 3.63) is 44.5 Å². The number of carbonyl (C=O) groups is 1. The van der Waals surface area contributed by atoms with E-state index >= 15 is 0 Å². The Bertz CT molecular complexity index is 1410. The minimum Gasteiger partial charge on any atom is -0.495 e. The maximum absolute atomic E-state index is 14.2. The molecule has 1 unspecified atom stereocenters. The first-order chi connectivity index (χ1) is 20.4. The molecule has 1 aromatic carbocycles. The number of fused-ring (bicyclic) bond motifs is 1. The number of benzene rings is 1. The fraction of sp³-hybridized carbons (Fsp3) is 0.517. The smallest absolute Gasteiger partial charge is 0.330 e. The molecule has 6 rings (SSSR count). The van der Waals surface area contributed by atoms with Crippen LogP contribution in [0.1, 0.15) is 56.2 Å². The number of anilines is 3. The number of amides is 2. The monoisotopic (exact) mass is 631 g/mol. The van der Waals surface area contributed by atoms with Crippen LogP contribution in [-0.4, -0.2) is 47.3 Å². The number of ether oxygens (including phenoxy) is 2. The van der Waals surface area contributed by atoms with Gasteiger partial charge in [-0.2, -0.15) is 4.98 Å². The molecule has 3 heterocycles. The van der Waals surface area contributed by atoms with Gasteiger partial charge in [-0.3, -0.25) is 9.80 Å². The Morgan fingerprint density at radius 2 is 1.81 bits per heavy atom. The maximum Gasteiger partial charge on any atom is 0.330 e. The number of urea groups is 1. The Hall–Kier alpha value is -2.86. The van der Waals surface area contributed by atoms with E-state index in [0.717, 1.165) is 30.5 Å². The van der Waals surface area contributed by atoms with Gasteiger partial charge in [0.05, 0.1) is 44.2 Å². The molecule has 2 saturated carbocycles. The summed E-state index contributed by atoms with van der Waals surface area (Å²) in [5.74, 6) is 2.85. The molecule has 0 spiro atoms. The number of rotatable bonds is 8. The molecule has 3 aromatic rings. The fourth-order valence-corrected chi connectivity index (χ4v) is 7.99. The van der Waals surface area contributed by atoms with E-state index in [-0.39, 0.29) is 41.2 Å². The molecule has 3 aliphatic rings. The molecule has 2 amide bonds. The molecule has 1 aliphatic heterocycles. The number of hydrogen-bond acceptors (Lipinski definition) is 9. The molecular weight excluding hydrogens is 597 g/mol. The zero-order valence-corrected chi connectivity index (χ0v) is 26.0. The van der Waals surface area contributed by atoms with E-state index in [4.69, 9.17) is 48.4 Å². The second kappa shape index (κ2) is 12.4. The van der Waals surface area contributed by atoms with Gasteiger partial charge in [0, 0.05) is 35.3 Å². The van der Waals surface area contributed by atoms with E-state index in [2.05, 4.69) is 10.3 Å². The van der Waals surface area contributed by atoms with Gasteiger partial charge in [-0.05, 0) is 24.7 Å². The highest BCUT2D eigenvalue weighted by Gasteiger charge is 2.40. The third kappa shape index (κ3) is 5.47. The zero-order chi connectivity index (χ0) is 29.4. The average Bonchev–Trinajstić information content (AvgIpc) is 3.72. The molecule has 224 valence electrons. The SMILES string of the molecule is COc1cc(OC)c(Cl)c(N2Cc3cnc(N[C@@H]4C(C5CCCC5)CCC[C@@H]4N)nc3N(Cc3cscn3)C2=O)c1Cl. The number of aromatic nitrogens is 3. The molecule has 2 fully saturated rings. The van der Waals surface area contributed by atoms with Gasteiger partial charge < -0.3 is 20.5 Å². The lowest BCUT2D eigenvalue weighted by molar-refractivity contribution is 0.208. The number of nitrogens with one attached hydrogen (secondary N) is 1. The summed E-state index contributed by atoms with van der Waals surface area (Å²) in [6.45, 7) is 0.373. The third-order valence-electron chi connectivity index (χ3n) is 8.81. The van der Waals surface area contributed by atoms with Crippen molar-refractivity contribution in [2.75, 3.05) is 29.3 Å². The lowest BCUT2D eigenvalue weighted by Gasteiger charge is -2.40. The standard InChI is InChI=1S/C29H35Cl2N7O3S/c1-40-21-10-22(41-2)24(31)26(23(21)30)37-12-17-11-33-28(36-27(17)38(29(37)39)13-18-14-42-15-34-18)35-25-19(8-5-9-20(25)32)16-6-3-4-7-16/h10-11,14-16,19-20,25H,3-9,12-13,32H2,1-2H3,(H,33,35,36)/t19?,20-,25+/m0/s1. The normalized spacial score (nSPS) is 22.8. The van der Waals surface area contributed by atoms with Crippen LogP contribution in [0.4, 0.5) is 22.2 Å². The van der Waals surface area contributed by atoms with Gasteiger partial charge in [-0.15, -0.1) is 11.3 Å². The van der Waals surface area contributed by atoms with Gasteiger partial charge in [-0.25, -0.2) is 14.8 Å². The maximum atomic E-state index is 14.2. The van der Waals surface area contributed by atoms with Crippen molar-refractivity contribution in [1.82, 2.24) is 15.0 Å². The Morgan fingerprint density at radius 3 is 2.48 bits per heavy atom. The zero-order valence-electron chi connectivity index (χ0n) is 23.7. The number of methoxy groups -OCH3 is 2. The van der Waals surface area contributed by atoms with Crippen molar-refractivity contribution in [3.63, 3.8) is 0 Å². The molecule has 0 saturated heterocycles. The van der Waals surface area contributed by atoms with Gasteiger partial charge in [0.15, 0.2) is 0 Å². The van der Waals surface area contributed by atoms with Gasteiger partial charge in [0.1, 0.15) is 27.4 Å². The van der Waals surface area contributed by atoms with Crippen molar-refractivity contribution >= 4 is 58.0 Å². The summed E-state index contributed by atoms with van der Waals surface area (Å²) in [7, 11) is 3.00. The summed E-state index contributed by atoms with van der Waals surface area (Å²) >= 11 is 14.9. The van der Waals surface area contributed by atoms with Gasteiger partial charge in [0.25, 0.3) is 0 Å². The first-order valence-electron chi connectivity index (χ1n) is 14.3. The summed E-state index contributed by atoms with van der Waals surface area (Å²) in [5, 5.41) is 5.93. The number of halogens is 2. The van der Waals surface area contributed by atoms with Crippen LogP contribution in [0.15, 0.2) is 23.2 Å². The quantitative estimate of drug-likeness (QED) is 0.289. The number of nitrogens with two attached hydrogens (primary N) is 1. The van der Waals surface area contributed by atoms with E-state index in [0.29, 0.717) is 40.8 Å². The molecule has 0 radical (unpaired) electrons. The van der Waals surface area contributed by atoms with E-state index in [1.54, 1.807) is 22.7 Å². The lowest BCUT2D eigenvalue weighted by atomic mass is 9.73. The van der Waals surface area contributed by atoms with E-state index < -0.39 is 0 Å². The summed E-state index contributed by atoms with van der Waals surface area (Å²) in [5.41, 5.74) is 10.2. The molecule has 3 N–H and O–H groups in total. The van der Waals surface area contributed by atoms with Crippen LogP contribution in [0, 0.1) is 11.8 Å². The van der Waals surface area contributed by atoms with Crippen molar-refractivity contribution < 1.29 is 14.3 Å². The molecule has 2 aliphatic carbocycles. The Balaban J connectivity index is 1.37. The number of carbonyl (C=O) groups excluding carboxylic acids is 1. The Kier molecular flexibility index (Phi) is 8.63.